The zero-order valence-electron chi connectivity index (χ0n) is 14.3. The first-order valence-electron chi connectivity index (χ1n) is 8.02. The first-order valence-corrected chi connectivity index (χ1v) is 8.02. The molecule has 2 heterocycles. The molecule has 1 aliphatic rings. The number of nitrogens with one attached hydrogen (secondary N) is 1. The number of hydrogen-bond acceptors (Lipinski definition) is 5. The molecule has 3 rings (SSSR count). The van der Waals surface area contributed by atoms with Crippen LogP contribution in [0, 0.1) is 0 Å². The summed E-state index contributed by atoms with van der Waals surface area (Å²) in [5.74, 6) is 1.94. The van der Waals surface area contributed by atoms with Gasteiger partial charge in [0.15, 0.2) is 17.6 Å². The fraction of sp³-hybridized carbons (Fsp3) is 0.333. The Morgan fingerprint density at radius 1 is 1.32 bits per heavy atom. The number of urea groups is 1. The maximum atomic E-state index is 12.3. The number of amides is 2. The molecule has 2 aromatic rings. The average molecular weight is 343 g/mol. The van der Waals surface area contributed by atoms with Gasteiger partial charge in [-0.2, -0.15) is 0 Å². The van der Waals surface area contributed by atoms with Crippen LogP contribution in [0.3, 0.4) is 0 Å². The van der Waals surface area contributed by atoms with Crippen molar-refractivity contribution in [1.82, 2.24) is 15.2 Å². The number of likely N-dealkylation sites (N-methyl/N-ethyl adjacent to an activating group) is 1. The van der Waals surface area contributed by atoms with Crippen molar-refractivity contribution in [3.63, 3.8) is 0 Å². The molecule has 0 fully saturated rings. The van der Waals surface area contributed by atoms with Crippen molar-refractivity contribution in [2.45, 2.75) is 12.6 Å². The van der Waals surface area contributed by atoms with E-state index in [-0.39, 0.29) is 12.1 Å². The number of fused-ring (bicyclic) bond motifs is 1. The number of hydrogen-bond donors (Lipinski definition) is 1. The van der Waals surface area contributed by atoms with Gasteiger partial charge in [0.2, 0.25) is 5.88 Å². The van der Waals surface area contributed by atoms with Gasteiger partial charge in [0.05, 0.1) is 13.7 Å². The zero-order valence-corrected chi connectivity index (χ0v) is 14.3. The molecule has 7 nitrogen and oxygen atoms in total. The summed E-state index contributed by atoms with van der Waals surface area (Å²) in [6, 6.07) is 11.0. The third kappa shape index (κ3) is 4.12. The fourth-order valence-corrected chi connectivity index (χ4v) is 2.59. The van der Waals surface area contributed by atoms with Crippen LogP contribution in [0.15, 0.2) is 42.6 Å². The van der Waals surface area contributed by atoms with Crippen LogP contribution in [0.1, 0.15) is 5.56 Å². The van der Waals surface area contributed by atoms with E-state index in [1.807, 2.05) is 30.3 Å². The Bertz CT molecular complexity index is 738. The predicted molar refractivity (Wildman–Crippen MR) is 92.0 cm³/mol. The second-order valence-electron chi connectivity index (χ2n) is 5.71. The molecule has 0 spiro atoms. The van der Waals surface area contributed by atoms with Crippen molar-refractivity contribution in [1.29, 1.82) is 0 Å². The Morgan fingerprint density at radius 3 is 2.92 bits per heavy atom. The molecule has 1 aromatic carbocycles. The van der Waals surface area contributed by atoms with Crippen molar-refractivity contribution in [3.05, 3.63) is 48.2 Å². The van der Waals surface area contributed by atoms with Crippen LogP contribution < -0.4 is 19.5 Å². The Labute approximate surface area is 146 Å². The highest BCUT2D eigenvalue weighted by atomic mass is 16.6. The van der Waals surface area contributed by atoms with Crippen LogP contribution in [-0.2, 0) is 6.54 Å². The maximum absolute atomic E-state index is 12.3. The number of carbonyl (C=O) groups is 1. The van der Waals surface area contributed by atoms with E-state index < -0.39 is 0 Å². The van der Waals surface area contributed by atoms with E-state index in [1.54, 1.807) is 31.3 Å². The Balaban J connectivity index is 1.51. The van der Waals surface area contributed by atoms with E-state index in [0.29, 0.717) is 31.3 Å². The molecule has 132 valence electrons. The summed E-state index contributed by atoms with van der Waals surface area (Å²) >= 11 is 0. The van der Waals surface area contributed by atoms with Gasteiger partial charge in [-0.15, -0.1) is 0 Å². The highest BCUT2D eigenvalue weighted by molar-refractivity contribution is 5.73. The van der Waals surface area contributed by atoms with Gasteiger partial charge in [-0.3, -0.25) is 0 Å². The molecule has 0 unspecified atom stereocenters. The largest absolute Gasteiger partial charge is 0.486 e. The molecule has 1 aliphatic heterocycles. The lowest BCUT2D eigenvalue weighted by Crippen LogP contribution is -2.45. The lowest BCUT2D eigenvalue weighted by Gasteiger charge is -2.29. The number of aromatic nitrogens is 1. The van der Waals surface area contributed by atoms with Crippen LogP contribution >= 0.6 is 0 Å². The van der Waals surface area contributed by atoms with E-state index in [9.17, 15) is 4.79 Å². The lowest BCUT2D eigenvalue weighted by molar-refractivity contribution is 0.0715. The van der Waals surface area contributed by atoms with E-state index >= 15 is 0 Å². The number of carbonyl (C=O) groups excluding carboxylic acids is 1. The Kier molecular flexibility index (Phi) is 5.23. The molecular formula is C18H21N3O4. The number of nitrogens with zero attached hydrogens (tertiary/aromatic N) is 2. The van der Waals surface area contributed by atoms with E-state index in [4.69, 9.17) is 14.2 Å². The van der Waals surface area contributed by atoms with Crippen molar-refractivity contribution in [2.75, 3.05) is 27.3 Å². The van der Waals surface area contributed by atoms with E-state index in [2.05, 4.69) is 10.3 Å². The summed E-state index contributed by atoms with van der Waals surface area (Å²) in [4.78, 5) is 18.0. The third-order valence-electron chi connectivity index (χ3n) is 3.87. The number of rotatable bonds is 5. The standard InChI is InChI=1S/C18H21N3O4/c1-21(11-14-12-24-15-7-3-4-8-16(15)25-14)18(22)20-10-13-6-5-9-19-17(13)23-2/h3-9,14H,10-12H2,1-2H3,(H,20,22)/t14-/m0/s1. The molecular weight excluding hydrogens is 322 g/mol. The molecule has 1 atom stereocenters. The Morgan fingerprint density at radius 2 is 2.12 bits per heavy atom. The molecule has 7 heteroatoms. The van der Waals surface area contributed by atoms with Crippen molar-refractivity contribution >= 4 is 6.03 Å². The van der Waals surface area contributed by atoms with Gasteiger partial charge in [-0.1, -0.05) is 18.2 Å². The second-order valence-corrected chi connectivity index (χ2v) is 5.71. The van der Waals surface area contributed by atoms with E-state index in [1.165, 1.54) is 0 Å². The van der Waals surface area contributed by atoms with Gasteiger partial charge in [-0.25, -0.2) is 9.78 Å². The number of methoxy groups -OCH3 is 1. The predicted octanol–water partition coefficient (Wildman–Crippen LogP) is 2.07. The fourth-order valence-electron chi connectivity index (χ4n) is 2.59. The molecule has 0 saturated carbocycles. The topological polar surface area (TPSA) is 72.9 Å². The molecule has 1 aromatic heterocycles. The van der Waals surface area contributed by atoms with Crippen molar-refractivity contribution < 1.29 is 19.0 Å². The van der Waals surface area contributed by atoms with Gasteiger partial charge in [0, 0.05) is 25.4 Å². The van der Waals surface area contributed by atoms with Gasteiger partial charge >= 0.3 is 6.03 Å². The molecule has 0 radical (unpaired) electrons. The number of ether oxygens (including phenoxy) is 3. The van der Waals surface area contributed by atoms with Crippen LogP contribution in [-0.4, -0.2) is 49.3 Å². The lowest BCUT2D eigenvalue weighted by atomic mass is 10.2. The molecule has 1 N–H and O–H groups in total. The number of benzene rings is 1. The first kappa shape index (κ1) is 16.9. The second kappa shape index (κ2) is 7.74. The Hall–Kier alpha value is -2.96. The summed E-state index contributed by atoms with van der Waals surface area (Å²) < 4.78 is 16.7. The van der Waals surface area contributed by atoms with Gasteiger partial charge in [0.25, 0.3) is 0 Å². The highest BCUT2D eigenvalue weighted by Gasteiger charge is 2.23. The van der Waals surface area contributed by atoms with Crippen LogP contribution in [0.5, 0.6) is 17.4 Å². The normalized spacial score (nSPS) is 15.4. The summed E-state index contributed by atoms with van der Waals surface area (Å²) in [6.45, 7) is 1.17. The third-order valence-corrected chi connectivity index (χ3v) is 3.87. The SMILES string of the molecule is COc1ncccc1CNC(=O)N(C)C[C@H]1COc2ccccc2O1. The van der Waals surface area contributed by atoms with Crippen LogP contribution in [0.4, 0.5) is 4.79 Å². The summed E-state index contributed by atoms with van der Waals surface area (Å²) in [7, 11) is 3.28. The van der Waals surface area contributed by atoms with Crippen molar-refractivity contribution in [2.24, 2.45) is 0 Å². The van der Waals surface area contributed by atoms with Crippen molar-refractivity contribution in [3.8, 4) is 17.4 Å². The molecule has 0 saturated heterocycles. The van der Waals surface area contributed by atoms with Gasteiger partial charge in [-0.05, 0) is 18.2 Å². The molecule has 0 aliphatic carbocycles. The summed E-state index contributed by atoms with van der Waals surface area (Å²) in [6.07, 6.45) is 1.44. The molecule has 2 amide bonds. The van der Waals surface area contributed by atoms with Crippen LogP contribution in [0.25, 0.3) is 0 Å². The monoisotopic (exact) mass is 343 g/mol. The zero-order chi connectivity index (χ0) is 17.6. The molecule has 25 heavy (non-hydrogen) atoms. The van der Waals surface area contributed by atoms with Gasteiger partial charge < -0.3 is 24.4 Å². The average Bonchev–Trinajstić information content (AvgIpc) is 2.66. The van der Waals surface area contributed by atoms with Crippen LogP contribution in [0.2, 0.25) is 0 Å². The van der Waals surface area contributed by atoms with E-state index in [0.717, 1.165) is 11.3 Å². The summed E-state index contributed by atoms with van der Waals surface area (Å²) in [5, 5.41) is 2.85. The number of pyridine rings is 1. The van der Waals surface area contributed by atoms with Gasteiger partial charge in [0.1, 0.15) is 6.61 Å². The smallest absolute Gasteiger partial charge is 0.317 e. The number of para-hydroxylation sites is 2. The first-order chi connectivity index (χ1) is 12.2. The summed E-state index contributed by atoms with van der Waals surface area (Å²) in [5.41, 5.74) is 0.818. The minimum absolute atomic E-state index is 0.201. The molecule has 0 bridgehead atoms. The quantitative estimate of drug-likeness (QED) is 0.900. The minimum Gasteiger partial charge on any atom is -0.486 e. The minimum atomic E-state index is -0.210. The maximum Gasteiger partial charge on any atom is 0.317 e. The highest BCUT2D eigenvalue weighted by Crippen LogP contribution is 2.30.